The maximum Gasteiger partial charge on any atom is 0.222 e. The van der Waals surface area contributed by atoms with E-state index < -0.39 is 0 Å². The minimum absolute atomic E-state index is 0.251. The summed E-state index contributed by atoms with van der Waals surface area (Å²) in [5.74, 6) is 1.12. The van der Waals surface area contributed by atoms with E-state index in [0.717, 1.165) is 41.5 Å². The Morgan fingerprint density at radius 1 is 1.30 bits per heavy atom. The topological polar surface area (TPSA) is 45.3 Å². The van der Waals surface area contributed by atoms with E-state index in [1.807, 2.05) is 36.3 Å². The molecule has 1 amide bonds. The zero-order chi connectivity index (χ0) is 16.2. The molecule has 0 radical (unpaired) electrons. The van der Waals surface area contributed by atoms with Crippen molar-refractivity contribution in [1.82, 2.24) is 9.88 Å². The van der Waals surface area contributed by atoms with E-state index in [1.54, 1.807) is 7.11 Å². The van der Waals surface area contributed by atoms with E-state index in [2.05, 4.69) is 4.98 Å². The number of hydrogen-bond acceptors (Lipinski definition) is 2. The van der Waals surface area contributed by atoms with Gasteiger partial charge < -0.3 is 14.6 Å². The summed E-state index contributed by atoms with van der Waals surface area (Å²) in [5.41, 5.74) is 2.22. The van der Waals surface area contributed by atoms with Gasteiger partial charge in [-0.1, -0.05) is 25.3 Å². The second kappa shape index (κ2) is 7.07. The van der Waals surface area contributed by atoms with Gasteiger partial charge in [-0.2, -0.15) is 0 Å². The smallest absolute Gasteiger partial charge is 0.222 e. The Balaban J connectivity index is 1.67. The highest BCUT2D eigenvalue weighted by molar-refractivity contribution is 5.89. The molecule has 4 heteroatoms. The van der Waals surface area contributed by atoms with Gasteiger partial charge in [0.15, 0.2) is 0 Å². The molecule has 0 atom stereocenters. The molecule has 3 rings (SSSR count). The number of carbonyl (C=O) groups is 1. The third-order valence-corrected chi connectivity index (χ3v) is 5.09. The number of aromatic amines is 1. The zero-order valence-corrected chi connectivity index (χ0v) is 14.1. The molecule has 23 heavy (non-hydrogen) atoms. The number of hydrogen-bond donors (Lipinski definition) is 1. The van der Waals surface area contributed by atoms with Crippen molar-refractivity contribution in [2.24, 2.45) is 0 Å². The van der Waals surface area contributed by atoms with Gasteiger partial charge in [0.25, 0.3) is 0 Å². The Morgan fingerprint density at radius 3 is 2.83 bits per heavy atom. The summed E-state index contributed by atoms with van der Waals surface area (Å²) in [4.78, 5) is 17.8. The highest BCUT2D eigenvalue weighted by Gasteiger charge is 2.22. The Hall–Kier alpha value is -1.97. The summed E-state index contributed by atoms with van der Waals surface area (Å²) in [7, 11) is 3.65. The summed E-state index contributed by atoms with van der Waals surface area (Å²) >= 11 is 0. The Morgan fingerprint density at radius 2 is 2.09 bits per heavy atom. The van der Waals surface area contributed by atoms with Crippen molar-refractivity contribution < 1.29 is 9.53 Å². The molecular formula is C19H26N2O2. The molecule has 124 valence electrons. The monoisotopic (exact) mass is 314 g/mol. The number of nitrogens with zero attached hydrogens (tertiary/aromatic N) is 1. The van der Waals surface area contributed by atoms with E-state index in [9.17, 15) is 4.79 Å². The van der Waals surface area contributed by atoms with Crippen LogP contribution < -0.4 is 4.74 Å². The SMILES string of the molecule is COc1cccc2[nH]cc(CCC(=O)N(C)C3CCCCC3)c12. The number of benzene rings is 1. The molecule has 1 aliphatic rings. The second-order valence-corrected chi connectivity index (χ2v) is 6.49. The number of H-pyrrole nitrogens is 1. The van der Waals surface area contributed by atoms with E-state index in [1.165, 1.54) is 19.3 Å². The summed E-state index contributed by atoms with van der Waals surface area (Å²) in [5, 5.41) is 1.10. The summed E-state index contributed by atoms with van der Waals surface area (Å²) < 4.78 is 5.46. The van der Waals surface area contributed by atoms with Crippen LogP contribution in [0.25, 0.3) is 10.9 Å². The van der Waals surface area contributed by atoms with Crippen LogP contribution in [0.2, 0.25) is 0 Å². The Kier molecular flexibility index (Phi) is 4.89. The third-order valence-electron chi connectivity index (χ3n) is 5.09. The number of nitrogens with one attached hydrogen (secondary N) is 1. The van der Waals surface area contributed by atoms with Crippen molar-refractivity contribution >= 4 is 16.8 Å². The lowest BCUT2D eigenvalue weighted by Gasteiger charge is -2.31. The van der Waals surface area contributed by atoms with Crippen molar-refractivity contribution in [1.29, 1.82) is 0 Å². The van der Waals surface area contributed by atoms with Crippen molar-refractivity contribution in [3.05, 3.63) is 30.0 Å². The fraction of sp³-hybridized carbons (Fsp3) is 0.526. The molecule has 1 fully saturated rings. The van der Waals surface area contributed by atoms with Gasteiger partial charge in [0, 0.05) is 36.6 Å². The van der Waals surface area contributed by atoms with Gasteiger partial charge in [0.2, 0.25) is 5.91 Å². The quantitative estimate of drug-likeness (QED) is 0.909. The molecule has 0 aliphatic heterocycles. The molecule has 2 aromatic rings. The summed E-state index contributed by atoms with van der Waals surface area (Å²) in [6.45, 7) is 0. The fourth-order valence-electron chi connectivity index (χ4n) is 3.68. The molecule has 1 aromatic carbocycles. The fourth-order valence-corrected chi connectivity index (χ4v) is 3.68. The van der Waals surface area contributed by atoms with E-state index >= 15 is 0 Å². The largest absolute Gasteiger partial charge is 0.496 e. The minimum Gasteiger partial charge on any atom is -0.496 e. The number of amides is 1. The molecule has 0 unspecified atom stereocenters. The van der Waals surface area contributed by atoms with Crippen LogP contribution in [0.15, 0.2) is 24.4 Å². The molecule has 1 N–H and O–H groups in total. The molecule has 1 saturated carbocycles. The standard InChI is InChI=1S/C19H26N2O2/c1-21(15-7-4-3-5-8-15)18(22)12-11-14-13-20-16-9-6-10-17(23-2)19(14)16/h6,9-10,13,15,20H,3-5,7-8,11-12H2,1-2H3. The van der Waals surface area contributed by atoms with Gasteiger partial charge in [-0.3, -0.25) is 4.79 Å². The van der Waals surface area contributed by atoms with Gasteiger partial charge in [0.1, 0.15) is 5.75 Å². The predicted octanol–water partition coefficient (Wildman–Crippen LogP) is 3.90. The Labute approximate surface area is 137 Å². The number of methoxy groups -OCH3 is 1. The first-order valence-corrected chi connectivity index (χ1v) is 8.59. The van der Waals surface area contributed by atoms with Crippen LogP contribution in [0.1, 0.15) is 44.1 Å². The second-order valence-electron chi connectivity index (χ2n) is 6.49. The van der Waals surface area contributed by atoms with E-state index in [-0.39, 0.29) is 5.91 Å². The zero-order valence-electron chi connectivity index (χ0n) is 14.1. The van der Waals surface area contributed by atoms with Crippen LogP contribution in [0.5, 0.6) is 5.75 Å². The first-order chi connectivity index (χ1) is 11.2. The number of aromatic nitrogens is 1. The lowest BCUT2D eigenvalue weighted by Crippen LogP contribution is -2.38. The average Bonchev–Trinajstić information content (AvgIpc) is 3.03. The van der Waals surface area contributed by atoms with Crippen molar-refractivity contribution in [3.8, 4) is 5.75 Å². The van der Waals surface area contributed by atoms with Crippen molar-refractivity contribution in [2.45, 2.75) is 51.0 Å². The first kappa shape index (κ1) is 15.9. The van der Waals surface area contributed by atoms with Crippen molar-refractivity contribution in [3.63, 3.8) is 0 Å². The highest BCUT2D eigenvalue weighted by atomic mass is 16.5. The average molecular weight is 314 g/mol. The molecular weight excluding hydrogens is 288 g/mol. The molecule has 1 aromatic heterocycles. The molecule has 0 spiro atoms. The third kappa shape index (κ3) is 3.36. The lowest BCUT2D eigenvalue weighted by atomic mass is 9.94. The normalized spacial score (nSPS) is 15.7. The number of aryl methyl sites for hydroxylation is 1. The number of ether oxygens (including phenoxy) is 1. The first-order valence-electron chi connectivity index (χ1n) is 8.59. The minimum atomic E-state index is 0.251. The van der Waals surface area contributed by atoms with E-state index in [0.29, 0.717) is 12.5 Å². The lowest BCUT2D eigenvalue weighted by molar-refractivity contribution is -0.132. The van der Waals surface area contributed by atoms with E-state index in [4.69, 9.17) is 4.74 Å². The Bertz CT molecular complexity index is 671. The van der Waals surface area contributed by atoms with Gasteiger partial charge in [-0.25, -0.2) is 0 Å². The molecule has 1 aliphatic carbocycles. The van der Waals surface area contributed by atoms with Crippen LogP contribution in [0, 0.1) is 0 Å². The number of rotatable bonds is 5. The molecule has 1 heterocycles. The maximum atomic E-state index is 12.5. The predicted molar refractivity (Wildman–Crippen MR) is 92.8 cm³/mol. The van der Waals surface area contributed by atoms with Gasteiger partial charge >= 0.3 is 0 Å². The number of carbonyl (C=O) groups excluding carboxylic acids is 1. The van der Waals surface area contributed by atoms with Crippen LogP contribution in [0.4, 0.5) is 0 Å². The van der Waals surface area contributed by atoms with Crippen LogP contribution in [-0.4, -0.2) is 36.0 Å². The number of fused-ring (bicyclic) bond motifs is 1. The molecule has 0 saturated heterocycles. The van der Waals surface area contributed by atoms with Crippen LogP contribution in [-0.2, 0) is 11.2 Å². The van der Waals surface area contributed by atoms with Gasteiger partial charge in [-0.15, -0.1) is 0 Å². The maximum absolute atomic E-state index is 12.5. The van der Waals surface area contributed by atoms with Gasteiger partial charge in [0.05, 0.1) is 7.11 Å². The van der Waals surface area contributed by atoms with Crippen LogP contribution >= 0.6 is 0 Å². The highest BCUT2D eigenvalue weighted by Crippen LogP contribution is 2.29. The molecule has 4 nitrogen and oxygen atoms in total. The van der Waals surface area contributed by atoms with Crippen LogP contribution in [0.3, 0.4) is 0 Å². The molecule has 0 bridgehead atoms. The van der Waals surface area contributed by atoms with Crippen molar-refractivity contribution in [2.75, 3.05) is 14.2 Å². The summed E-state index contributed by atoms with van der Waals surface area (Å²) in [6.07, 6.45) is 9.43. The summed E-state index contributed by atoms with van der Waals surface area (Å²) in [6, 6.07) is 6.42. The van der Waals surface area contributed by atoms with Gasteiger partial charge in [-0.05, 0) is 37.0 Å².